The SMILES string of the molecule is CC1CNCCN1C(=O)C1CC1c1ccc(F)cc1F.Cl. The van der Waals surface area contributed by atoms with Crippen molar-refractivity contribution in [1.82, 2.24) is 10.2 Å². The maximum atomic E-state index is 13.7. The number of carbonyl (C=O) groups is 1. The first-order valence-electron chi connectivity index (χ1n) is 7.04. The van der Waals surface area contributed by atoms with Crippen molar-refractivity contribution in [1.29, 1.82) is 0 Å². The lowest BCUT2D eigenvalue weighted by molar-refractivity contribution is -0.135. The third kappa shape index (κ3) is 3.19. The lowest BCUT2D eigenvalue weighted by Crippen LogP contribution is -2.52. The number of nitrogens with zero attached hydrogens (tertiary/aromatic N) is 1. The largest absolute Gasteiger partial charge is 0.337 e. The molecule has 1 heterocycles. The molecule has 0 spiro atoms. The molecular weight excluding hydrogens is 298 g/mol. The Morgan fingerprint density at radius 2 is 2.14 bits per heavy atom. The first-order chi connectivity index (χ1) is 9.58. The average Bonchev–Trinajstić information content (AvgIpc) is 3.18. The Kier molecular flexibility index (Phi) is 4.84. The van der Waals surface area contributed by atoms with Crippen LogP contribution in [0.2, 0.25) is 0 Å². The van der Waals surface area contributed by atoms with Gasteiger partial charge < -0.3 is 10.2 Å². The molecule has 1 aliphatic carbocycles. The summed E-state index contributed by atoms with van der Waals surface area (Å²) >= 11 is 0. The second-order valence-corrected chi connectivity index (χ2v) is 5.70. The Hall–Kier alpha value is -1.20. The number of carbonyl (C=O) groups excluding carboxylic acids is 1. The molecule has 1 aromatic carbocycles. The van der Waals surface area contributed by atoms with Crippen LogP contribution >= 0.6 is 12.4 Å². The van der Waals surface area contributed by atoms with Gasteiger partial charge in [-0.05, 0) is 30.9 Å². The van der Waals surface area contributed by atoms with Gasteiger partial charge in [-0.1, -0.05) is 6.07 Å². The number of hydrogen-bond acceptors (Lipinski definition) is 2. The molecule has 0 aromatic heterocycles. The molecule has 1 amide bonds. The first-order valence-corrected chi connectivity index (χ1v) is 7.04. The minimum absolute atomic E-state index is 0. The van der Waals surface area contributed by atoms with Gasteiger partial charge in [-0.2, -0.15) is 0 Å². The van der Waals surface area contributed by atoms with Crippen LogP contribution in [0, 0.1) is 17.6 Å². The van der Waals surface area contributed by atoms with Crippen LogP contribution in [0.5, 0.6) is 0 Å². The van der Waals surface area contributed by atoms with Gasteiger partial charge in [-0.15, -0.1) is 12.4 Å². The first kappa shape index (κ1) is 16.2. The third-order valence-electron chi connectivity index (χ3n) is 4.25. The van der Waals surface area contributed by atoms with E-state index in [4.69, 9.17) is 0 Å². The van der Waals surface area contributed by atoms with E-state index in [2.05, 4.69) is 5.32 Å². The molecule has 3 rings (SSSR count). The van der Waals surface area contributed by atoms with Crippen molar-refractivity contribution < 1.29 is 13.6 Å². The second-order valence-electron chi connectivity index (χ2n) is 5.70. The summed E-state index contributed by atoms with van der Waals surface area (Å²) in [6.45, 7) is 4.32. The molecule has 1 aromatic rings. The van der Waals surface area contributed by atoms with Crippen LogP contribution in [-0.4, -0.2) is 36.5 Å². The molecule has 2 fully saturated rings. The van der Waals surface area contributed by atoms with Gasteiger partial charge in [0.15, 0.2) is 0 Å². The van der Waals surface area contributed by atoms with Crippen molar-refractivity contribution in [3.05, 3.63) is 35.4 Å². The molecule has 0 bridgehead atoms. The van der Waals surface area contributed by atoms with Crippen molar-refractivity contribution in [2.24, 2.45) is 5.92 Å². The maximum absolute atomic E-state index is 13.7. The summed E-state index contributed by atoms with van der Waals surface area (Å²) < 4.78 is 26.6. The molecule has 2 aliphatic rings. The van der Waals surface area contributed by atoms with E-state index < -0.39 is 11.6 Å². The fourth-order valence-corrected chi connectivity index (χ4v) is 3.00. The Labute approximate surface area is 129 Å². The molecule has 1 aliphatic heterocycles. The molecule has 3 nitrogen and oxygen atoms in total. The van der Waals surface area contributed by atoms with Gasteiger partial charge >= 0.3 is 0 Å². The van der Waals surface area contributed by atoms with E-state index >= 15 is 0 Å². The summed E-state index contributed by atoms with van der Waals surface area (Å²) in [4.78, 5) is 14.3. The lowest BCUT2D eigenvalue weighted by atomic mass is 10.1. The zero-order valence-corrected chi connectivity index (χ0v) is 12.6. The van der Waals surface area contributed by atoms with Crippen LogP contribution in [0.15, 0.2) is 18.2 Å². The molecule has 1 N–H and O–H groups in total. The number of rotatable bonds is 2. The number of hydrogen-bond donors (Lipinski definition) is 1. The van der Waals surface area contributed by atoms with E-state index in [0.717, 1.165) is 19.2 Å². The monoisotopic (exact) mass is 316 g/mol. The summed E-state index contributed by atoms with van der Waals surface area (Å²) in [5, 5.41) is 3.24. The van der Waals surface area contributed by atoms with Gasteiger partial charge in [0.2, 0.25) is 5.91 Å². The average molecular weight is 317 g/mol. The van der Waals surface area contributed by atoms with Gasteiger partial charge in [0.25, 0.3) is 0 Å². The molecular formula is C15H19ClF2N2O. The summed E-state index contributed by atoms with van der Waals surface area (Å²) in [5.74, 6) is -1.25. The highest BCUT2D eigenvalue weighted by molar-refractivity contribution is 5.85. The molecule has 1 saturated heterocycles. The van der Waals surface area contributed by atoms with E-state index in [1.807, 2.05) is 11.8 Å². The third-order valence-corrected chi connectivity index (χ3v) is 4.25. The highest BCUT2D eigenvalue weighted by Gasteiger charge is 2.47. The minimum atomic E-state index is -0.578. The molecule has 3 atom stereocenters. The standard InChI is InChI=1S/C15H18F2N2O.ClH/c1-9-8-18-4-5-19(9)15(20)13-7-12(13)11-3-2-10(16)6-14(11)17;/h2-3,6,9,12-13,18H,4-5,7-8H2,1H3;1H. The van der Waals surface area contributed by atoms with E-state index in [0.29, 0.717) is 18.5 Å². The number of benzene rings is 1. The summed E-state index contributed by atoms with van der Waals surface area (Å²) in [5.41, 5.74) is 0.465. The van der Waals surface area contributed by atoms with Crippen LogP contribution in [0.4, 0.5) is 8.78 Å². The zero-order valence-electron chi connectivity index (χ0n) is 11.8. The fourth-order valence-electron chi connectivity index (χ4n) is 3.00. The molecule has 0 radical (unpaired) electrons. The topological polar surface area (TPSA) is 32.3 Å². The molecule has 116 valence electrons. The lowest BCUT2D eigenvalue weighted by Gasteiger charge is -2.34. The fraction of sp³-hybridized carbons (Fsp3) is 0.533. The highest BCUT2D eigenvalue weighted by Crippen LogP contribution is 2.49. The second kappa shape index (κ2) is 6.28. The van der Waals surface area contributed by atoms with Crippen LogP contribution in [0.1, 0.15) is 24.8 Å². The molecule has 21 heavy (non-hydrogen) atoms. The van der Waals surface area contributed by atoms with E-state index in [9.17, 15) is 13.6 Å². The van der Waals surface area contributed by atoms with Crippen LogP contribution in [-0.2, 0) is 4.79 Å². The van der Waals surface area contributed by atoms with E-state index in [1.165, 1.54) is 12.1 Å². The van der Waals surface area contributed by atoms with Crippen LogP contribution in [0.25, 0.3) is 0 Å². The van der Waals surface area contributed by atoms with Crippen molar-refractivity contribution in [3.63, 3.8) is 0 Å². The highest BCUT2D eigenvalue weighted by atomic mass is 35.5. The number of piperazine rings is 1. The molecule has 1 saturated carbocycles. The Morgan fingerprint density at radius 1 is 1.38 bits per heavy atom. The maximum Gasteiger partial charge on any atom is 0.226 e. The number of amides is 1. The normalized spacial score (nSPS) is 28.0. The quantitative estimate of drug-likeness (QED) is 0.908. The number of halogens is 3. The van der Waals surface area contributed by atoms with Crippen molar-refractivity contribution in [2.45, 2.75) is 25.3 Å². The van der Waals surface area contributed by atoms with Crippen LogP contribution < -0.4 is 5.32 Å². The zero-order chi connectivity index (χ0) is 14.3. The van der Waals surface area contributed by atoms with E-state index in [-0.39, 0.29) is 36.2 Å². The Morgan fingerprint density at radius 3 is 2.81 bits per heavy atom. The van der Waals surface area contributed by atoms with Gasteiger partial charge in [0.05, 0.1) is 0 Å². The summed E-state index contributed by atoms with van der Waals surface area (Å²) in [6, 6.07) is 3.79. The van der Waals surface area contributed by atoms with Crippen molar-refractivity contribution >= 4 is 18.3 Å². The van der Waals surface area contributed by atoms with Gasteiger partial charge in [0, 0.05) is 37.7 Å². The van der Waals surface area contributed by atoms with Gasteiger partial charge in [-0.3, -0.25) is 4.79 Å². The predicted molar refractivity (Wildman–Crippen MR) is 78.5 cm³/mol. The molecule has 3 unspecified atom stereocenters. The van der Waals surface area contributed by atoms with Crippen molar-refractivity contribution in [2.75, 3.05) is 19.6 Å². The Bertz CT molecular complexity index is 540. The summed E-state index contributed by atoms with van der Waals surface area (Å²) in [6.07, 6.45) is 0.665. The number of nitrogens with one attached hydrogen (secondary N) is 1. The predicted octanol–water partition coefficient (Wildman–Crippen LogP) is 2.31. The smallest absolute Gasteiger partial charge is 0.226 e. The summed E-state index contributed by atoms with van der Waals surface area (Å²) in [7, 11) is 0. The Balaban J connectivity index is 0.00000161. The van der Waals surface area contributed by atoms with E-state index in [1.54, 1.807) is 0 Å². The van der Waals surface area contributed by atoms with Crippen molar-refractivity contribution in [3.8, 4) is 0 Å². The minimum Gasteiger partial charge on any atom is -0.337 e. The molecule has 6 heteroatoms. The van der Waals surface area contributed by atoms with Gasteiger partial charge in [-0.25, -0.2) is 8.78 Å². The van der Waals surface area contributed by atoms with Gasteiger partial charge in [0.1, 0.15) is 11.6 Å². The van der Waals surface area contributed by atoms with Crippen LogP contribution in [0.3, 0.4) is 0 Å².